The summed E-state index contributed by atoms with van der Waals surface area (Å²) in [6.45, 7) is 4.07. The summed E-state index contributed by atoms with van der Waals surface area (Å²) in [5.41, 5.74) is 3.92. The normalized spacial score (nSPS) is 10.1. The van der Waals surface area contributed by atoms with Crippen molar-refractivity contribution in [1.29, 1.82) is 5.26 Å². The number of carbonyl (C=O) groups is 1. The predicted octanol–water partition coefficient (Wildman–Crippen LogP) is 2.82. The SMILES string of the molecule is Cc1cc(C(=O)CN(C)c2ccccc2C#N)c(C)[nH]1. The van der Waals surface area contributed by atoms with Gasteiger partial charge in [0.05, 0.1) is 17.8 Å². The Morgan fingerprint density at radius 3 is 2.65 bits per heavy atom. The number of nitrogens with one attached hydrogen (secondary N) is 1. The third-order valence-corrected chi connectivity index (χ3v) is 3.27. The number of aromatic amines is 1. The summed E-state index contributed by atoms with van der Waals surface area (Å²) in [5, 5.41) is 9.10. The second kappa shape index (κ2) is 5.62. The third kappa shape index (κ3) is 2.72. The third-order valence-electron chi connectivity index (χ3n) is 3.27. The quantitative estimate of drug-likeness (QED) is 0.866. The summed E-state index contributed by atoms with van der Waals surface area (Å²) in [6.07, 6.45) is 0. The van der Waals surface area contributed by atoms with Crippen LogP contribution in [0, 0.1) is 25.2 Å². The number of hydrogen-bond acceptors (Lipinski definition) is 3. The number of anilines is 1. The monoisotopic (exact) mass is 267 g/mol. The van der Waals surface area contributed by atoms with Crippen molar-refractivity contribution in [3.05, 3.63) is 52.8 Å². The maximum atomic E-state index is 12.3. The van der Waals surface area contributed by atoms with Gasteiger partial charge in [0.1, 0.15) is 6.07 Å². The molecule has 0 aliphatic rings. The van der Waals surface area contributed by atoms with Crippen LogP contribution in [0.3, 0.4) is 0 Å². The van der Waals surface area contributed by atoms with Gasteiger partial charge in [-0.25, -0.2) is 0 Å². The first-order valence-corrected chi connectivity index (χ1v) is 6.42. The number of aryl methyl sites for hydroxylation is 2. The molecule has 0 amide bonds. The van der Waals surface area contributed by atoms with Crippen LogP contribution in [0.2, 0.25) is 0 Å². The van der Waals surface area contributed by atoms with E-state index < -0.39 is 0 Å². The topological polar surface area (TPSA) is 59.9 Å². The van der Waals surface area contributed by atoms with Gasteiger partial charge in [0, 0.05) is 24.0 Å². The molecular formula is C16H17N3O. The van der Waals surface area contributed by atoms with Crippen LogP contribution in [0.4, 0.5) is 5.69 Å². The van der Waals surface area contributed by atoms with Gasteiger partial charge in [-0.15, -0.1) is 0 Å². The van der Waals surface area contributed by atoms with Gasteiger partial charge in [-0.2, -0.15) is 5.26 Å². The van der Waals surface area contributed by atoms with Gasteiger partial charge >= 0.3 is 0 Å². The number of Topliss-reactive ketones (excluding diaryl/α,β-unsaturated/α-hetero) is 1. The van der Waals surface area contributed by atoms with Gasteiger partial charge in [-0.1, -0.05) is 12.1 Å². The van der Waals surface area contributed by atoms with Crippen molar-refractivity contribution in [2.45, 2.75) is 13.8 Å². The zero-order valence-electron chi connectivity index (χ0n) is 11.9. The Morgan fingerprint density at radius 1 is 1.35 bits per heavy atom. The van der Waals surface area contributed by atoms with Crippen LogP contribution in [0.15, 0.2) is 30.3 Å². The number of benzene rings is 1. The second-order valence-electron chi connectivity index (χ2n) is 4.90. The second-order valence-corrected chi connectivity index (χ2v) is 4.90. The van der Waals surface area contributed by atoms with Gasteiger partial charge in [0.15, 0.2) is 5.78 Å². The molecule has 1 aromatic carbocycles. The number of carbonyl (C=O) groups excluding carboxylic acids is 1. The van der Waals surface area contributed by atoms with E-state index in [9.17, 15) is 4.79 Å². The van der Waals surface area contributed by atoms with Crippen molar-refractivity contribution in [3.8, 4) is 6.07 Å². The minimum absolute atomic E-state index is 0.0436. The van der Waals surface area contributed by atoms with E-state index in [1.807, 2.05) is 50.1 Å². The summed E-state index contributed by atoms with van der Waals surface area (Å²) in [5.74, 6) is 0.0436. The van der Waals surface area contributed by atoms with E-state index in [-0.39, 0.29) is 12.3 Å². The zero-order chi connectivity index (χ0) is 14.7. The van der Waals surface area contributed by atoms with Crippen molar-refractivity contribution in [2.75, 3.05) is 18.5 Å². The molecule has 0 atom stereocenters. The Hall–Kier alpha value is -2.54. The van der Waals surface area contributed by atoms with Gasteiger partial charge in [-0.05, 0) is 32.0 Å². The molecule has 0 unspecified atom stereocenters. The smallest absolute Gasteiger partial charge is 0.183 e. The van der Waals surface area contributed by atoms with E-state index in [0.717, 1.165) is 17.1 Å². The molecule has 0 aliphatic carbocycles. The van der Waals surface area contributed by atoms with Crippen LogP contribution in [0.5, 0.6) is 0 Å². The van der Waals surface area contributed by atoms with E-state index in [4.69, 9.17) is 5.26 Å². The molecule has 0 saturated carbocycles. The van der Waals surface area contributed by atoms with Gasteiger partial charge in [0.2, 0.25) is 0 Å². The molecule has 4 heteroatoms. The molecule has 1 heterocycles. The lowest BCUT2D eigenvalue weighted by Gasteiger charge is -2.19. The number of nitrogens with zero attached hydrogens (tertiary/aromatic N) is 2. The molecule has 2 aromatic rings. The van der Waals surface area contributed by atoms with Crippen molar-refractivity contribution in [3.63, 3.8) is 0 Å². The number of H-pyrrole nitrogens is 1. The van der Waals surface area contributed by atoms with Crippen LogP contribution in [0.25, 0.3) is 0 Å². The predicted molar refractivity (Wildman–Crippen MR) is 79.0 cm³/mol. The Labute approximate surface area is 118 Å². The summed E-state index contributed by atoms with van der Waals surface area (Å²) in [7, 11) is 1.82. The maximum Gasteiger partial charge on any atom is 0.183 e. The molecule has 0 fully saturated rings. The van der Waals surface area contributed by atoms with Crippen molar-refractivity contribution >= 4 is 11.5 Å². The highest BCUT2D eigenvalue weighted by Crippen LogP contribution is 2.19. The lowest BCUT2D eigenvalue weighted by Crippen LogP contribution is -2.26. The summed E-state index contributed by atoms with van der Waals surface area (Å²) in [6, 6.07) is 11.3. The molecule has 4 nitrogen and oxygen atoms in total. The summed E-state index contributed by atoms with van der Waals surface area (Å²) >= 11 is 0. The molecule has 0 spiro atoms. The zero-order valence-corrected chi connectivity index (χ0v) is 11.9. The number of para-hydroxylation sites is 1. The molecule has 0 saturated heterocycles. The lowest BCUT2D eigenvalue weighted by molar-refractivity contribution is 0.1000. The molecule has 0 aliphatic heterocycles. The average Bonchev–Trinajstić information content (AvgIpc) is 2.77. The Balaban J connectivity index is 2.20. The molecule has 1 aromatic heterocycles. The van der Waals surface area contributed by atoms with Crippen LogP contribution in [-0.2, 0) is 0 Å². The van der Waals surface area contributed by atoms with Crippen molar-refractivity contribution in [1.82, 2.24) is 4.98 Å². The molecular weight excluding hydrogens is 250 g/mol. The van der Waals surface area contributed by atoms with Crippen molar-refractivity contribution in [2.24, 2.45) is 0 Å². The average molecular weight is 267 g/mol. The number of aromatic nitrogens is 1. The van der Waals surface area contributed by atoms with Crippen LogP contribution in [0.1, 0.15) is 27.3 Å². The van der Waals surface area contributed by atoms with Crippen molar-refractivity contribution < 1.29 is 4.79 Å². The maximum absolute atomic E-state index is 12.3. The molecule has 20 heavy (non-hydrogen) atoms. The number of nitriles is 1. The van der Waals surface area contributed by atoms with Gasteiger partial charge < -0.3 is 9.88 Å². The van der Waals surface area contributed by atoms with E-state index >= 15 is 0 Å². The Bertz CT molecular complexity index is 679. The van der Waals surface area contributed by atoms with Crippen LogP contribution < -0.4 is 4.90 Å². The molecule has 0 radical (unpaired) electrons. The van der Waals surface area contributed by atoms with E-state index in [1.165, 1.54) is 0 Å². The minimum atomic E-state index is 0.0436. The Kier molecular flexibility index (Phi) is 3.90. The molecule has 2 rings (SSSR count). The van der Waals surface area contributed by atoms with E-state index in [1.54, 1.807) is 6.07 Å². The first kappa shape index (κ1) is 13.9. The first-order valence-electron chi connectivity index (χ1n) is 6.42. The van der Waals surface area contributed by atoms with Gasteiger partial charge in [-0.3, -0.25) is 4.79 Å². The summed E-state index contributed by atoms with van der Waals surface area (Å²) < 4.78 is 0. The highest BCUT2D eigenvalue weighted by atomic mass is 16.1. The largest absolute Gasteiger partial charge is 0.366 e. The van der Waals surface area contributed by atoms with E-state index in [2.05, 4.69) is 11.1 Å². The highest BCUT2D eigenvalue weighted by Gasteiger charge is 2.15. The number of ketones is 1. The number of rotatable bonds is 4. The molecule has 102 valence electrons. The van der Waals surface area contributed by atoms with Crippen LogP contribution in [-0.4, -0.2) is 24.4 Å². The molecule has 1 N–H and O–H groups in total. The summed E-state index contributed by atoms with van der Waals surface area (Å²) in [4.78, 5) is 17.3. The number of hydrogen-bond donors (Lipinski definition) is 1. The Morgan fingerprint density at radius 2 is 2.05 bits per heavy atom. The standard InChI is InChI=1S/C16H17N3O/c1-11-8-14(12(2)18-11)16(20)10-19(3)15-7-5-4-6-13(15)9-17/h4-8,18H,10H2,1-3H3. The molecule has 0 bridgehead atoms. The fourth-order valence-electron chi connectivity index (χ4n) is 2.30. The first-order chi connectivity index (χ1) is 9.52. The number of likely N-dealkylation sites (N-methyl/N-ethyl adjacent to an activating group) is 1. The fraction of sp³-hybridized carbons (Fsp3) is 0.250. The fourth-order valence-corrected chi connectivity index (χ4v) is 2.30. The van der Waals surface area contributed by atoms with Crippen LogP contribution >= 0.6 is 0 Å². The lowest BCUT2D eigenvalue weighted by atomic mass is 10.1. The minimum Gasteiger partial charge on any atom is -0.366 e. The highest BCUT2D eigenvalue weighted by molar-refractivity contribution is 6.00. The van der Waals surface area contributed by atoms with E-state index in [0.29, 0.717) is 11.1 Å². The van der Waals surface area contributed by atoms with Gasteiger partial charge in [0.25, 0.3) is 0 Å².